The Morgan fingerprint density at radius 2 is 1.87 bits per heavy atom. The molecule has 6 heteroatoms. The molecule has 2 amide bonds. The van der Waals surface area contributed by atoms with Crippen LogP contribution in [0.5, 0.6) is 5.75 Å². The van der Waals surface area contributed by atoms with Crippen molar-refractivity contribution in [2.75, 3.05) is 11.9 Å². The SMILES string of the molecule is CCOc1ccc2[nH]c(=O)c(CN(C(=O)Nc3ccc(C)cc3)C3CCCC3)cc2c1. The smallest absolute Gasteiger partial charge is 0.322 e. The molecule has 6 nitrogen and oxygen atoms in total. The number of aryl methyl sites for hydroxylation is 1. The average molecular weight is 420 g/mol. The number of carbonyl (C=O) groups excluding carboxylic acids is 1. The third-order valence-electron chi connectivity index (χ3n) is 5.87. The predicted octanol–water partition coefficient (Wildman–Crippen LogP) is 5.21. The molecule has 1 saturated carbocycles. The number of carbonyl (C=O) groups is 1. The standard InChI is InChI=1S/C25H29N3O3/c1-3-31-22-12-13-23-18(15-22)14-19(24(29)27-23)16-28(21-6-4-5-7-21)25(30)26-20-10-8-17(2)9-11-20/h8-15,21H,3-7,16H2,1-2H3,(H,26,30)(H,27,29). The third kappa shape index (κ3) is 4.90. The van der Waals surface area contributed by atoms with Crippen molar-refractivity contribution < 1.29 is 9.53 Å². The van der Waals surface area contributed by atoms with E-state index in [0.717, 1.165) is 53.6 Å². The van der Waals surface area contributed by atoms with E-state index >= 15 is 0 Å². The van der Waals surface area contributed by atoms with Gasteiger partial charge in [-0.15, -0.1) is 0 Å². The van der Waals surface area contributed by atoms with Crippen LogP contribution in [0.1, 0.15) is 43.7 Å². The Hall–Kier alpha value is -3.28. The summed E-state index contributed by atoms with van der Waals surface area (Å²) in [5.41, 5.74) is 3.07. The number of nitrogens with zero attached hydrogens (tertiary/aromatic N) is 1. The van der Waals surface area contributed by atoms with Crippen molar-refractivity contribution in [1.82, 2.24) is 9.88 Å². The van der Waals surface area contributed by atoms with Crippen LogP contribution in [-0.4, -0.2) is 28.6 Å². The van der Waals surface area contributed by atoms with E-state index in [1.807, 2.05) is 67.3 Å². The highest BCUT2D eigenvalue weighted by atomic mass is 16.5. The van der Waals surface area contributed by atoms with E-state index in [-0.39, 0.29) is 24.2 Å². The van der Waals surface area contributed by atoms with Crippen LogP contribution >= 0.6 is 0 Å². The number of anilines is 1. The maximum absolute atomic E-state index is 13.2. The summed E-state index contributed by atoms with van der Waals surface area (Å²) in [5, 5.41) is 3.90. The first-order valence-corrected chi connectivity index (χ1v) is 11.0. The summed E-state index contributed by atoms with van der Waals surface area (Å²) in [6.07, 6.45) is 4.12. The maximum atomic E-state index is 13.2. The summed E-state index contributed by atoms with van der Waals surface area (Å²) in [6.45, 7) is 4.80. The summed E-state index contributed by atoms with van der Waals surface area (Å²) in [6, 6.07) is 15.2. The molecule has 162 valence electrons. The molecule has 0 radical (unpaired) electrons. The Kier molecular flexibility index (Phi) is 6.26. The lowest BCUT2D eigenvalue weighted by atomic mass is 10.1. The molecule has 1 heterocycles. The van der Waals surface area contributed by atoms with Crippen molar-refractivity contribution in [2.45, 2.75) is 52.1 Å². The van der Waals surface area contributed by atoms with Crippen LogP contribution in [0.25, 0.3) is 10.9 Å². The Bertz CT molecular complexity index is 1120. The van der Waals surface area contributed by atoms with Crippen LogP contribution in [0, 0.1) is 6.92 Å². The van der Waals surface area contributed by atoms with Crippen molar-refractivity contribution in [3.63, 3.8) is 0 Å². The van der Waals surface area contributed by atoms with Gasteiger partial charge in [0, 0.05) is 28.2 Å². The van der Waals surface area contributed by atoms with Crippen molar-refractivity contribution in [1.29, 1.82) is 0 Å². The first-order chi connectivity index (χ1) is 15.0. The van der Waals surface area contributed by atoms with Crippen molar-refractivity contribution in [3.8, 4) is 5.75 Å². The number of hydrogen-bond donors (Lipinski definition) is 2. The van der Waals surface area contributed by atoms with Gasteiger partial charge in [0.1, 0.15) is 5.75 Å². The summed E-state index contributed by atoms with van der Waals surface area (Å²) in [4.78, 5) is 30.7. The molecule has 0 aliphatic heterocycles. The van der Waals surface area contributed by atoms with Gasteiger partial charge in [-0.2, -0.15) is 0 Å². The second kappa shape index (κ2) is 9.25. The number of pyridine rings is 1. The monoisotopic (exact) mass is 419 g/mol. The summed E-state index contributed by atoms with van der Waals surface area (Å²) in [7, 11) is 0. The summed E-state index contributed by atoms with van der Waals surface area (Å²) in [5.74, 6) is 0.762. The summed E-state index contributed by atoms with van der Waals surface area (Å²) >= 11 is 0. The van der Waals surface area contributed by atoms with Gasteiger partial charge in [-0.25, -0.2) is 4.79 Å². The topological polar surface area (TPSA) is 74.4 Å². The molecule has 4 rings (SSSR count). The highest BCUT2D eigenvalue weighted by molar-refractivity contribution is 5.89. The first-order valence-electron chi connectivity index (χ1n) is 11.0. The lowest BCUT2D eigenvalue weighted by Gasteiger charge is -2.29. The minimum atomic E-state index is -0.168. The van der Waals surface area contributed by atoms with Gasteiger partial charge in [-0.3, -0.25) is 4.79 Å². The Morgan fingerprint density at radius 1 is 1.13 bits per heavy atom. The van der Waals surface area contributed by atoms with Crippen molar-refractivity contribution in [3.05, 3.63) is 70.0 Å². The molecule has 0 atom stereocenters. The van der Waals surface area contributed by atoms with Gasteiger partial charge >= 0.3 is 6.03 Å². The number of nitrogens with one attached hydrogen (secondary N) is 2. The molecule has 1 aliphatic carbocycles. The normalized spacial score (nSPS) is 14.0. The van der Waals surface area contributed by atoms with Crippen LogP contribution in [-0.2, 0) is 6.54 Å². The number of benzene rings is 2. The molecule has 0 unspecified atom stereocenters. The third-order valence-corrected chi connectivity index (χ3v) is 5.87. The molecule has 0 bridgehead atoms. The number of urea groups is 1. The zero-order chi connectivity index (χ0) is 21.8. The Balaban J connectivity index is 1.62. The van der Waals surface area contributed by atoms with Gasteiger partial charge in [0.05, 0.1) is 13.2 Å². The number of rotatable bonds is 6. The molecular formula is C25H29N3O3. The van der Waals surface area contributed by atoms with E-state index in [9.17, 15) is 9.59 Å². The Labute approximate surface area is 182 Å². The second-order valence-electron chi connectivity index (χ2n) is 8.17. The average Bonchev–Trinajstić information content (AvgIpc) is 3.28. The molecule has 1 aromatic heterocycles. The highest BCUT2D eigenvalue weighted by Gasteiger charge is 2.27. The molecule has 0 saturated heterocycles. The number of fused-ring (bicyclic) bond motifs is 1. The van der Waals surface area contributed by atoms with Crippen LogP contribution in [0.2, 0.25) is 0 Å². The number of ether oxygens (including phenoxy) is 1. The minimum Gasteiger partial charge on any atom is -0.494 e. The number of aromatic nitrogens is 1. The molecule has 1 aliphatic rings. The Morgan fingerprint density at radius 3 is 2.58 bits per heavy atom. The predicted molar refractivity (Wildman–Crippen MR) is 124 cm³/mol. The van der Waals surface area contributed by atoms with Crippen LogP contribution in [0.4, 0.5) is 10.5 Å². The number of hydrogen-bond acceptors (Lipinski definition) is 3. The zero-order valence-corrected chi connectivity index (χ0v) is 18.1. The minimum absolute atomic E-state index is 0.135. The van der Waals surface area contributed by atoms with Gasteiger partial charge in [0.2, 0.25) is 0 Å². The molecule has 2 N–H and O–H groups in total. The van der Waals surface area contributed by atoms with Crippen molar-refractivity contribution in [2.24, 2.45) is 0 Å². The van der Waals surface area contributed by atoms with E-state index in [2.05, 4.69) is 10.3 Å². The zero-order valence-electron chi connectivity index (χ0n) is 18.1. The second-order valence-corrected chi connectivity index (χ2v) is 8.17. The number of amides is 2. The van der Waals surface area contributed by atoms with Crippen LogP contribution in [0.3, 0.4) is 0 Å². The highest BCUT2D eigenvalue weighted by Crippen LogP contribution is 2.26. The fourth-order valence-electron chi connectivity index (χ4n) is 4.20. The van der Waals surface area contributed by atoms with E-state index < -0.39 is 0 Å². The molecule has 1 fully saturated rings. The lowest BCUT2D eigenvalue weighted by Crippen LogP contribution is -2.42. The van der Waals surface area contributed by atoms with E-state index in [0.29, 0.717) is 12.2 Å². The largest absolute Gasteiger partial charge is 0.494 e. The van der Waals surface area contributed by atoms with Gasteiger partial charge < -0.3 is 19.9 Å². The van der Waals surface area contributed by atoms with Crippen molar-refractivity contribution >= 4 is 22.6 Å². The fourth-order valence-corrected chi connectivity index (χ4v) is 4.20. The number of H-pyrrole nitrogens is 1. The lowest BCUT2D eigenvalue weighted by molar-refractivity contribution is 0.184. The first kappa shape index (κ1) is 21.0. The van der Waals surface area contributed by atoms with Crippen LogP contribution < -0.4 is 15.6 Å². The fraction of sp³-hybridized carbons (Fsp3) is 0.360. The molecule has 3 aromatic rings. The van der Waals surface area contributed by atoms with E-state index in [1.165, 1.54) is 0 Å². The molecule has 31 heavy (non-hydrogen) atoms. The van der Waals surface area contributed by atoms with Crippen LogP contribution in [0.15, 0.2) is 53.3 Å². The summed E-state index contributed by atoms with van der Waals surface area (Å²) < 4.78 is 5.59. The van der Waals surface area contributed by atoms with E-state index in [4.69, 9.17) is 4.74 Å². The van der Waals surface area contributed by atoms with E-state index in [1.54, 1.807) is 0 Å². The molecular weight excluding hydrogens is 390 g/mol. The van der Waals surface area contributed by atoms with Gasteiger partial charge in [-0.1, -0.05) is 30.5 Å². The quantitative estimate of drug-likeness (QED) is 0.576. The van der Waals surface area contributed by atoms with Gasteiger partial charge in [0.25, 0.3) is 5.56 Å². The van der Waals surface area contributed by atoms with Gasteiger partial charge in [0.15, 0.2) is 0 Å². The molecule has 0 spiro atoms. The number of aromatic amines is 1. The van der Waals surface area contributed by atoms with Gasteiger partial charge in [-0.05, 0) is 63.1 Å². The maximum Gasteiger partial charge on any atom is 0.322 e. The molecule has 2 aromatic carbocycles.